The lowest BCUT2D eigenvalue weighted by molar-refractivity contribution is -0.114. The first-order valence-electron chi connectivity index (χ1n) is 3.42. The van der Waals surface area contributed by atoms with Gasteiger partial charge in [-0.3, -0.25) is 4.79 Å². The van der Waals surface area contributed by atoms with Crippen molar-refractivity contribution in [2.45, 2.75) is 6.18 Å². The third-order valence-corrected chi connectivity index (χ3v) is 1.53. The Morgan fingerprint density at radius 1 is 1.54 bits per heavy atom. The molecule has 0 spiro atoms. The maximum absolute atomic E-state index is 12.1. The summed E-state index contributed by atoms with van der Waals surface area (Å²) in [7, 11) is 0. The summed E-state index contributed by atoms with van der Waals surface area (Å²) in [6.07, 6.45) is -2.50. The Kier molecular flexibility index (Phi) is 2.31. The zero-order valence-corrected chi connectivity index (χ0v) is 6.48. The van der Waals surface area contributed by atoms with Gasteiger partial charge in [0.1, 0.15) is 0 Å². The first-order valence-corrected chi connectivity index (χ1v) is 3.42. The van der Waals surface area contributed by atoms with Crippen molar-refractivity contribution < 1.29 is 18.0 Å². The summed E-state index contributed by atoms with van der Waals surface area (Å²) < 4.78 is 36.3. The Morgan fingerprint density at radius 2 is 2.15 bits per heavy atom. The highest BCUT2D eigenvalue weighted by atomic mass is 19.4. The first kappa shape index (κ1) is 9.63. The molecule has 13 heavy (non-hydrogen) atoms. The third kappa shape index (κ3) is 2.24. The van der Waals surface area contributed by atoms with Crippen molar-refractivity contribution in [1.29, 1.82) is 0 Å². The Balaban J connectivity index is 2.91. The quantitative estimate of drug-likeness (QED) is 0.633. The number of carbonyl (C=O) groups excluding carboxylic acids is 1. The van der Waals surface area contributed by atoms with Crippen LogP contribution in [0.4, 0.5) is 13.2 Å². The molecule has 0 unspecified atom stereocenters. The lowest BCUT2D eigenvalue weighted by atomic mass is 10.1. The molecule has 1 rings (SSSR count). The van der Waals surface area contributed by atoms with Crippen LogP contribution >= 0.6 is 0 Å². The number of halogens is 3. The van der Waals surface area contributed by atoms with Gasteiger partial charge >= 0.3 is 6.18 Å². The second-order valence-electron chi connectivity index (χ2n) is 2.51. The topological polar surface area (TPSA) is 55.1 Å². The molecule has 0 saturated carbocycles. The summed E-state index contributed by atoms with van der Waals surface area (Å²) >= 11 is 0. The van der Waals surface area contributed by atoms with Gasteiger partial charge in [-0.05, 0) is 6.08 Å². The summed E-state index contributed by atoms with van der Waals surface area (Å²) in [5.74, 6) is -0.881. The van der Waals surface area contributed by atoms with Crippen LogP contribution in [-0.2, 0) is 4.79 Å². The molecule has 0 saturated heterocycles. The van der Waals surface area contributed by atoms with Crippen molar-refractivity contribution >= 4 is 5.91 Å². The number of dihydropyridines is 1. The van der Waals surface area contributed by atoms with Crippen LogP contribution in [-0.4, -0.2) is 18.6 Å². The van der Waals surface area contributed by atoms with Crippen molar-refractivity contribution in [3.05, 3.63) is 23.4 Å². The lowest BCUT2D eigenvalue weighted by Crippen LogP contribution is -2.28. The normalized spacial score (nSPS) is 17.2. The monoisotopic (exact) mass is 192 g/mol. The van der Waals surface area contributed by atoms with Gasteiger partial charge in [0.05, 0.1) is 11.1 Å². The molecule has 1 heterocycles. The summed E-state index contributed by atoms with van der Waals surface area (Å²) in [6.45, 7) is -0.333. The van der Waals surface area contributed by atoms with Crippen molar-refractivity contribution in [1.82, 2.24) is 5.32 Å². The predicted molar refractivity (Wildman–Crippen MR) is 39.4 cm³/mol. The average Bonchev–Trinajstić information content (AvgIpc) is 2.03. The fourth-order valence-corrected chi connectivity index (χ4v) is 0.876. The van der Waals surface area contributed by atoms with Gasteiger partial charge in [-0.2, -0.15) is 13.2 Å². The smallest absolute Gasteiger partial charge is 0.386 e. The number of primary amides is 1. The number of nitrogens with two attached hydrogens (primary N) is 1. The zero-order valence-electron chi connectivity index (χ0n) is 6.48. The van der Waals surface area contributed by atoms with E-state index in [9.17, 15) is 18.0 Å². The highest BCUT2D eigenvalue weighted by Crippen LogP contribution is 2.27. The Hall–Kier alpha value is -1.46. The van der Waals surface area contributed by atoms with E-state index in [4.69, 9.17) is 5.73 Å². The fraction of sp³-hybridized carbons (Fsp3) is 0.286. The molecule has 0 aromatic heterocycles. The molecule has 0 aliphatic carbocycles. The summed E-state index contributed by atoms with van der Waals surface area (Å²) in [4.78, 5) is 10.5. The van der Waals surface area contributed by atoms with Crippen molar-refractivity contribution in [2.75, 3.05) is 6.54 Å². The van der Waals surface area contributed by atoms with Crippen LogP contribution in [0.5, 0.6) is 0 Å². The molecule has 72 valence electrons. The molecule has 1 aliphatic heterocycles. The van der Waals surface area contributed by atoms with Crippen LogP contribution < -0.4 is 11.1 Å². The minimum atomic E-state index is -4.41. The molecule has 1 aliphatic rings. The van der Waals surface area contributed by atoms with Crippen LogP contribution in [0.15, 0.2) is 23.4 Å². The van der Waals surface area contributed by atoms with Gasteiger partial charge in [0, 0.05) is 12.7 Å². The lowest BCUT2D eigenvalue weighted by Gasteiger charge is -2.16. The minimum Gasteiger partial charge on any atom is -0.386 e. The molecule has 0 radical (unpaired) electrons. The Morgan fingerprint density at radius 3 is 2.62 bits per heavy atom. The van der Waals surface area contributed by atoms with Crippen LogP contribution in [0.25, 0.3) is 0 Å². The van der Waals surface area contributed by atoms with Crippen molar-refractivity contribution in [3.63, 3.8) is 0 Å². The molecule has 0 bridgehead atoms. The second kappa shape index (κ2) is 3.12. The second-order valence-corrected chi connectivity index (χ2v) is 2.51. The molecular weight excluding hydrogens is 185 g/mol. The summed E-state index contributed by atoms with van der Waals surface area (Å²) in [5, 5.41) is 2.32. The predicted octanol–water partition coefficient (Wildman–Crippen LogP) is 0.448. The van der Waals surface area contributed by atoms with Gasteiger partial charge in [-0.1, -0.05) is 0 Å². The molecule has 1 amide bonds. The standard InChI is InChI=1S/C7H7F3N2O/c8-7(9,10)5-1-4(6(11)13)2-12-3-5/h1-2,12H,3H2,(H2,11,13). The molecule has 0 aromatic carbocycles. The van der Waals surface area contributed by atoms with Gasteiger partial charge in [-0.25, -0.2) is 0 Å². The molecule has 0 atom stereocenters. The van der Waals surface area contributed by atoms with Crippen LogP contribution in [0.1, 0.15) is 0 Å². The third-order valence-electron chi connectivity index (χ3n) is 1.53. The van der Waals surface area contributed by atoms with Crippen LogP contribution in [0.3, 0.4) is 0 Å². The molecular formula is C7H7F3N2O. The van der Waals surface area contributed by atoms with Crippen molar-refractivity contribution in [2.24, 2.45) is 5.73 Å². The summed E-state index contributed by atoms with van der Waals surface area (Å²) in [6, 6.07) is 0. The average molecular weight is 192 g/mol. The number of carbonyl (C=O) groups is 1. The molecule has 3 N–H and O–H groups in total. The largest absolute Gasteiger partial charge is 0.414 e. The van der Waals surface area contributed by atoms with Crippen LogP contribution in [0.2, 0.25) is 0 Å². The van der Waals surface area contributed by atoms with Gasteiger partial charge < -0.3 is 11.1 Å². The van der Waals surface area contributed by atoms with E-state index in [0.29, 0.717) is 0 Å². The van der Waals surface area contributed by atoms with E-state index in [1.165, 1.54) is 0 Å². The fourth-order valence-electron chi connectivity index (χ4n) is 0.876. The Bertz CT molecular complexity index is 291. The van der Waals surface area contributed by atoms with E-state index in [-0.39, 0.29) is 12.1 Å². The maximum atomic E-state index is 12.1. The number of alkyl halides is 3. The number of nitrogens with one attached hydrogen (secondary N) is 1. The van der Waals surface area contributed by atoms with E-state index in [0.717, 1.165) is 12.3 Å². The first-order chi connectivity index (χ1) is 5.91. The van der Waals surface area contributed by atoms with Gasteiger partial charge in [0.2, 0.25) is 5.91 Å². The van der Waals surface area contributed by atoms with E-state index in [1.54, 1.807) is 0 Å². The number of hydrogen-bond acceptors (Lipinski definition) is 2. The minimum absolute atomic E-state index is 0.168. The van der Waals surface area contributed by atoms with E-state index >= 15 is 0 Å². The highest BCUT2D eigenvalue weighted by molar-refractivity contribution is 5.95. The van der Waals surface area contributed by atoms with Gasteiger partial charge in [0.15, 0.2) is 0 Å². The zero-order chi connectivity index (χ0) is 10.1. The van der Waals surface area contributed by atoms with Crippen molar-refractivity contribution in [3.8, 4) is 0 Å². The summed E-state index contributed by atoms with van der Waals surface area (Å²) in [5.41, 5.74) is 3.84. The maximum Gasteiger partial charge on any atom is 0.414 e. The Labute approximate surface area is 72.1 Å². The number of hydrogen-bond donors (Lipinski definition) is 2. The molecule has 6 heteroatoms. The van der Waals surface area contributed by atoms with Gasteiger partial charge in [-0.15, -0.1) is 0 Å². The van der Waals surface area contributed by atoms with Gasteiger partial charge in [0.25, 0.3) is 0 Å². The highest BCUT2D eigenvalue weighted by Gasteiger charge is 2.34. The SMILES string of the molecule is NC(=O)C1=CNCC(C(F)(F)F)=C1. The molecule has 3 nitrogen and oxygen atoms in total. The molecule has 0 aromatic rings. The van der Waals surface area contributed by atoms with E-state index in [1.807, 2.05) is 0 Å². The van der Waals surface area contributed by atoms with Crippen LogP contribution in [0, 0.1) is 0 Å². The van der Waals surface area contributed by atoms with E-state index in [2.05, 4.69) is 5.32 Å². The van der Waals surface area contributed by atoms with E-state index < -0.39 is 17.7 Å². The molecule has 0 fully saturated rings. The number of amides is 1. The number of rotatable bonds is 1.